The summed E-state index contributed by atoms with van der Waals surface area (Å²) in [7, 11) is 0. The first-order valence-electron chi connectivity index (χ1n) is 8.34. The second kappa shape index (κ2) is 8.13. The standard InChI is InChI=1S/C18H18N4O4S2/c1-8-15(13-16(26)21-18(20)22-17(13)27-8)28-10-4-2-9(3-5-10)14(25)11(19)6-7-12(23)24/h2-5,11H,6-7,19H2,1H3,(H,23,24)(H3,20,21,22,26)/t11-/m0/s1. The second-order valence-electron chi connectivity index (χ2n) is 6.15. The van der Waals surface area contributed by atoms with Crippen LogP contribution in [-0.2, 0) is 4.79 Å². The Kier molecular flexibility index (Phi) is 5.82. The lowest BCUT2D eigenvalue weighted by Crippen LogP contribution is -2.31. The number of nitrogen functional groups attached to an aromatic ring is 1. The van der Waals surface area contributed by atoms with Crippen LogP contribution in [0.5, 0.6) is 0 Å². The van der Waals surface area contributed by atoms with Gasteiger partial charge in [0.05, 0.1) is 11.4 Å². The molecule has 0 aliphatic heterocycles. The number of carboxylic acids is 1. The lowest BCUT2D eigenvalue weighted by Gasteiger charge is -2.10. The molecule has 10 heteroatoms. The fraction of sp³-hybridized carbons (Fsp3) is 0.222. The van der Waals surface area contributed by atoms with Crippen molar-refractivity contribution in [1.29, 1.82) is 0 Å². The number of thiophene rings is 1. The van der Waals surface area contributed by atoms with Crippen molar-refractivity contribution in [2.45, 2.75) is 35.6 Å². The minimum Gasteiger partial charge on any atom is -0.481 e. The van der Waals surface area contributed by atoms with E-state index in [4.69, 9.17) is 16.6 Å². The van der Waals surface area contributed by atoms with Crippen LogP contribution in [0.2, 0.25) is 0 Å². The number of aryl methyl sites for hydroxylation is 1. The topological polar surface area (TPSA) is 152 Å². The molecular formula is C18H18N4O4S2. The lowest BCUT2D eigenvalue weighted by molar-refractivity contribution is -0.137. The van der Waals surface area contributed by atoms with Crippen molar-refractivity contribution in [2.75, 3.05) is 5.73 Å². The van der Waals surface area contributed by atoms with E-state index in [0.29, 0.717) is 15.8 Å². The zero-order valence-electron chi connectivity index (χ0n) is 14.9. The summed E-state index contributed by atoms with van der Waals surface area (Å²) in [4.78, 5) is 45.0. The molecule has 146 valence electrons. The fourth-order valence-electron chi connectivity index (χ4n) is 2.66. The number of aromatic amines is 1. The van der Waals surface area contributed by atoms with Gasteiger partial charge >= 0.3 is 5.97 Å². The second-order valence-corrected chi connectivity index (χ2v) is 8.44. The van der Waals surface area contributed by atoms with Gasteiger partial charge in [0.2, 0.25) is 5.95 Å². The third-order valence-electron chi connectivity index (χ3n) is 4.07. The molecule has 0 saturated carbocycles. The summed E-state index contributed by atoms with van der Waals surface area (Å²) < 4.78 is 0. The molecule has 0 amide bonds. The summed E-state index contributed by atoms with van der Waals surface area (Å²) >= 11 is 2.80. The molecular weight excluding hydrogens is 400 g/mol. The average Bonchev–Trinajstić information content (AvgIpc) is 2.95. The number of aromatic nitrogens is 2. The Morgan fingerprint density at radius 2 is 2.00 bits per heavy atom. The Labute approximate surface area is 168 Å². The minimum absolute atomic E-state index is 0.0809. The number of fused-ring (bicyclic) bond motifs is 1. The van der Waals surface area contributed by atoms with E-state index in [9.17, 15) is 14.4 Å². The summed E-state index contributed by atoms with van der Waals surface area (Å²) in [6.07, 6.45) is -0.0674. The predicted octanol–water partition coefficient (Wildman–Crippen LogP) is 2.40. The van der Waals surface area contributed by atoms with Gasteiger partial charge in [-0.15, -0.1) is 11.3 Å². The highest BCUT2D eigenvalue weighted by Crippen LogP contribution is 2.39. The van der Waals surface area contributed by atoms with E-state index in [-0.39, 0.29) is 30.1 Å². The average molecular weight is 419 g/mol. The SMILES string of the molecule is Cc1sc2nc(N)[nH]c(=O)c2c1Sc1ccc(C(=O)[C@@H](N)CCC(=O)O)cc1. The van der Waals surface area contributed by atoms with Crippen molar-refractivity contribution in [3.63, 3.8) is 0 Å². The lowest BCUT2D eigenvalue weighted by atomic mass is 10.0. The van der Waals surface area contributed by atoms with Gasteiger partial charge in [0.15, 0.2) is 5.78 Å². The number of ketones is 1. The third kappa shape index (κ3) is 4.24. The van der Waals surface area contributed by atoms with Gasteiger partial charge < -0.3 is 16.6 Å². The number of hydrogen-bond donors (Lipinski definition) is 4. The van der Waals surface area contributed by atoms with Gasteiger partial charge in [-0.3, -0.25) is 19.4 Å². The van der Waals surface area contributed by atoms with Crippen LogP contribution in [0.25, 0.3) is 10.2 Å². The molecule has 1 atom stereocenters. The first-order chi connectivity index (χ1) is 13.3. The fourth-order valence-corrected chi connectivity index (χ4v) is 4.85. The van der Waals surface area contributed by atoms with Gasteiger partial charge in [-0.2, -0.15) is 0 Å². The van der Waals surface area contributed by atoms with Crippen molar-refractivity contribution < 1.29 is 14.7 Å². The van der Waals surface area contributed by atoms with Crippen LogP contribution < -0.4 is 17.0 Å². The number of aliphatic carboxylic acids is 1. The molecule has 0 radical (unpaired) electrons. The van der Waals surface area contributed by atoms with Crippen LogP contribution in [0.15, 0.2) is 38.9 Å². The number of nitrogens with zero attached hydrogens (tertiary/aromatic N) is 1. The zero-order valence-corrected chi connectivity index (χ0v) is 16.5. The maximum absolute atomic E-state index is 12.3. The number of hydrogen-bond acceptors (Lipinski definition) is 8. The number of anilines is 1. The minimum atomic E-state index is -0.986. The van der Waals surface area contributed by atoms with E-state index in [1.165, 1.54) is 23.1 Å². The summed E-state index contributed by atoms with van der Waals surface area (Å²) in [6.45, 7) is 1.91. The zero-order chi connectivity index (χ0) is 20.4. The number of carbonyl (C=O) groups excluding carboxylic acids is 1. The summed E-state index contributed by atoms with van der Waals surface area (Å²) in [5, 5.41) is 9.20. The van der Waals surface area contributed by atoms with Gasteiger partial charge in [0.25, 0.3) is 5.56 Å². The van der Waals surface area contributed by atoms with E-state index in [1.54, 1.807) is 24.3 Å². The van der Waals surface area contributed by atoms with Crippen LogP contribution in [-0.4, -0.2) is 32.9 Å². The number of Topliss-reactive ketones (excluding diaryl/α,β-unsaturated/α-hetero) is 1. The van der Waals surface area contributed by atoms with E-state index in [1.807, 2.05) is 6.92 Å². The molecule has 2 heterocycles. The van der Waals surface area contributed by atoms with E-state index in [0.717, 1.165) is 14.7 Å². The number of nitrogens with one attached hydrogen (secondary N) is 1. The van der Waals surface area contributed by atoms with Crippen LogP contribution in [0, 0.1) is 6.92 Å². The number of H-pyrrole nitrogens is 1. The Hall–Kier alpha value is -2.69. The van der Waals surface area contributed by atoms with E-state index in [2.05, 4.69) is 9.97 Å². The van der Waals surface area contributed by atoms with Crippen LogP contribution in [0.1, 0.15) is 28.1 Å². The Morgan fingerprint density at radius 1 is 1.32 bits per heavy atom. The number of carboxylic acid groups (broad SMARTS) is 1. The largest absolute Gasteiger partial charge is 0.481 e. The molecule has 0 spiro atoms. The van der Waals surface area contributed by atoms with Gasteiger partial charge in [0, 0.05) is 26.7 Å². The Balaban J connectivity index is 1.81. The van der Waals surface area contributed by atoms with Crippen molar-refractivity contribution in [3.8, 4) is 0 Å². The monoisotopic (exact) mass is 418 g/mol. The maximum atomic E-state index is 12.3. The van der Waals surface area contributed by atoms with Crippen molar-refractivity contribution in [1.82, 2.24) is 9.97 Å². The summed E-state index contributed by atoms with van der Waals surface area (Å²) in [6, 6.07) is 5.98. The molecule has 0 aliphatic carbocycles. The maximum Gasteiger partial charge on any atom is 0.303 e. The van der Waals surface area contributed by atoms with Gasteiger partial charge in [0.1, 0.15) is 4.83 Å². The smallest absolute Gasteiger partial charge is 0.303 e. The normalized spacial score (nSPS) is 12.2. The highest BCUT2D eigenvalue weighted by Gasteiger charge is 2.18. The molecule has 1 aromatic carbocycles. The van der Waals surface area contributed by atoms with Crippen LogP contribution in [0.3, 0.4) is 0 Å². The highest BCUT2D eigenvalue weighted by atomic mass is 32.2. The van der Waals surface area contributed by atoms with Crippen molar-refractivity contribution in [3.05, 3.63) is 45.1 Å². The predicted molar refractivity (Wildman–Crippen MR) is 109 cm³/mol. The molecule has 2 aromatic heterocycles. The quantitative estimate of drug-likeness (QED) is 0.427. The molecule has 0 aliphatic rings. The molecule has 0 bridgehead atoms. The van der Waals surface area contributed by atoms with Gasteiger partial charge in [-0.25, -0.2) is 4.98 Å². The molecule has 0 unspecified atom stereocenters. The van der Waals surface area contributed by atoms with E-state index < -0.39 is 12.0 Å². The van der Waals surface area contributed by atoms with Gasteiger partial charge in [-0.1, -0.05) is 23.9 Å². The summed E-state index contributed by atoms with van der Waals surface area (Å²) in [5.74, 6) is -1.21. The summed E-state index contributed by atoms with van der Waals surface area (Å²) in [5.41, 5.74) is 11.5. The van der Waals surface area contributed by atoms with Crippen LogP contribution in [0.4, 0.5) is 5.95 Å². The number of carbonyl (C=O) groups is 2. The molecule has 28 heavy (non-hydrogen) atoms. The molecule has 0 fully saturated rings. The number of rotatable bonds is 7. The first-order valence-corrected chi connectivity index (χ1v) is 9.98. The Bertz CT molecular complexity index is 1110. The molecule has 6 N–H and O–H groups in total. The first kappa shape index (κ1) is 20.1. The third-order valence-corrected chi connectivity index (χ3v) is 6.42. The number of benzene rings is 1. The molecule has 3 rings (SSSR count). The van der Waals surface area contributed by atoms with Crippen molar-refractivity contribution in [2.24, 2.45) is 5.73 Å². The molecule has 8 nitrogen and oxygen atoms in total. The van der Waals surface area contributed by atoms with Gasteiger partial charge in [-0.05, 0) is 25.5 Å². The van der Waals surface area contributed by atoms with Crippen LogP contribution >= 0.6 is 23.1 Å². The van der Waals surface area contributed by atoms with E-state index >= 15 is 0 Å². The van der Waals surface area contributed by atoms with Crippen molar-refractivity contribution >= 4 is 51.0 Å². The molecule has 3 aromatic rings. The highest BCUT2D eigenvalue weighted by molar-refractivity contribution is 7.99. The Morgan fingerprint density at radius 3 is 2.64 bits per heavy atom. The number of nitrogens with two attached hydrogens (primary N) is 2. The molecule has 0 saturated heterocycles.